The van der Waals surface area contributed by atoms with Crippen LogP contribution in [0.2, 0.25) is 0 Å². The van der Waals surface area contributed by atoms with Crippen molar-refractivity contribution in [3.8, 4) is 0 Å². The first-order valence-electron chi connectivity index (χ1n) is 13.6. The maximum Gasteiger partial charge on any atom is 0.258 e. The van der Waals surface area contributed by atoms with Crippen LogP contribution in [0.4, 0.5) is 11.4 Å². The van der Waals surface area contributed by atoms with Crippen molar-refractivity contribution in [1.29, 1.82) is 0 Å². The Morgan fingerprint density at radius 3 is 2.40 bits per heavy atom. The molecule has 0 saturated carbocycles. The van der Waals surface area contributed by atoms with Crippen LogP contribution in [0.25, 0.3) is 10.8 Å². The third-order valence-corrected chi connectivity index (χ3v) is 7.71. The molecule has 0 spiro atoms. The molecule has 8 heteroatoms. The van der Waals surface area contributed by atoms with E-state index < -0.39 is 5.41 Å². The lowest BCUT2D eigenvalue weighted by Crippen LogP contribution is -2.47. The topological polar surface area (TPSA) is 78.8 Å². The minimum atomic E-state index is -1.15. The fourth-order valence-corrected chi connectivity index (χ4v) is 5.42. The van der Waals surface area contributed by atoms with Gasteiger partial charge in [0.2, 0.25) is 11.8 Å². The molecule has 4 aromatic rings. The van der Waals surface area contributed by atoms with Crippen molar-refractivity contribution in [3.05, 3.63) is 101 Å². The van der Waals surface area contributed by atoms with Gasteiger partial charge in [-0.05, 0) is 67.6 Å². The van der Waals surface area contributed by atoms with Gasteiger partial charge in [-0.3, -0.25) is 24.3 Å². The van der Waals surface area contributed by atoms with Crippen molar-refractivity contribution in [2.45, 2.75) is 40.4 Å². The van der Waals surface area contributed by atoms with Gasteiger partial charge in [-0.1, -0.05) is 30.3 Å². The molecule has 40 heavy (non-hydrogen) atoms. The Labute approximate surface area is 234 Å². The Morgan fingerprint density at radius 2 is 1.65 bits per heavy atom. The lowest BCUT2D eigenvalue weighted by Gasteiger charge is -2.27. The molecule has 0 unspecified atom stereocenters. The number of nitrogens with zero attached hydrogens (tertiary/aromatic N) is 5. The summed E-state index contributed by atoms with van der Waals surface area (Å²) in [4.78, 5) is 49.5. The average molecular weight is 538 g/mol. The zero-order valence-electron chi connectivity index (χ0n) is 23.5. The lowest BCUT2D eigenvalue weighted by atomic mass is 9.90. The Hall–Kier alpha value is -4.30. The minimum Gasteiger partial charge on any atom is -0.314 e. The van der Waals surface area contributed by atoms with Gasteiger partial charge in [0.25, 0.3) is 5.56 Å². The van der Waals surface area contributed by atoms with Crippen LogP contribution in [0.1, 0.15) is 31.9 Å². The van der Waals surface area contributed by atoms with Crippen LogP contribution in [0, 0.1) is 5.41 Å². The first-order valence-corrected chi connectivity index (χ1v) is 13.6. The molecule has 0 N–H and O–H groups in total. The smallest absolute Gasteiger partial charge is 0.258 e. The van der Waals surface area contributed by atoms with Crippen LogP contribution in [0.15, 0.2) is 84.0 Å². The predicted octanol–water partition coefficient (Wildman–Crippen LogP) is 4.45. The van der Waals surface area contributed by atoms with Gasteiger partial charge in [-0.15, -0.1) is 0 Å². The monoisotopic (exact) mass is 537 g/mol. The van der Waals surface area contributed by atoms with Gasteiger partial charge >= 0.3 is 0 Å². The van der Waals surface area contributed by atoms with Gasteiger partial charge in [-0.25, -0.2) is 0 Å². The van der Waals surface area contributed by atoms with E-state index in [2.05, 4.69) is 9.88 Å². The van der Waals surface area contributed by atoms with Gasteiger partial charge in [0, 0.05) is 63.7 Å². The third-order valence-electron chi connectivity index (χ3n) is 7.71. The molecule has 2 aromatic carbocycles. The SMILES string of the molecule is CCN1C(=O)C(C)(C)C(=O)N(C)c2cc(CN(CCn3ccc4ccccc4c3=O)Cc3cccnc3)ccc21. The second-order valence-electron chi connectivity index (χ2n) is 10.8. The molecule has 2 amide bonds. The van der Waals surface area contributed by atoms with Crippen LogP contribution in [-0.4, -0.2) is 46.4 Å². The van der Waals surface area contributed by atoms with E-state index in [1.165, 1.54) is 0 Å². The number of carbonyl (C=O) groups excluding carboxylic acids is 2. The summed E-state index contributed by atoms with van der Waals surface area (Å²) in [5.74, 6) is -0.424. The van der Waals surface area contributed by atoms with Crippen LogP contribution in [0.3, 0.4) is 0 Å². The molecule has 0 bridgehead atoms. The maximum absolute atomic E-state index is 13.3. The Bertz CT molecular complexity index is 1610. The lowest BCUT2D eigenvalue weighted by molar-refractivity contribution is -0.137. The average Bonchev–Trinajstić information content (AvgIpc) is 3.01. The van der Waals surface area contributed by atoms with Gasteiger partial charge in [0.15, 0.2) is 0 Å². The van der Waals surface area contributed by atoms with Crippen molar-refractivity contribution in [2.24, 2.45) is 5.41 Å². The minimum absolute atomic E-state index is 0.00321. The highest BCUT2D eigenvalue weighted by Crippen LogP contribution is 2.39. The summed E-state index contributed by atoms with van der Waals surface area (Å²) >= 11 is 0. The number of anilines is 2. The summed E-state index contributed by atoms with van der Waals surface area (Å²) in [5, 5.41) is 1.64. The molecule has 2 aromatic heterocycles. The molecule has 3 heterocycles. The van der Waals surface area contributed by atoms with Crippen molar-refractivity contribution in [3.63, 3.8) is 0 Å². The predicted molar refractivity (Wildman–Crippen MR) is 158 cm³/mol. The zero-order valence-corrected chi connectivity index (χ0v) is 23.5. The molecule has 8 nitrogen and oxygen atoms in total. The van der Waals surface area contributed by atoms with Crippen LogP contribution in [0.5, 0.6) is 0 Å². The number of amides is 2. The molecule has 0 atom stereocenters. The summed E-state index contributed by atoms with van der Waals surface area (Å²) < 4.78 is 1.76. The van der Waals surface area contributed by atoms with Gasteiger partial charge in [0.1, 0.15) is 5.41 Å². The number of fused-ring (bicyclic) bond motifs is 2. The van der Waals surface area contributed by atoms with Crippen LogP contribution >= 0.6 is 0 Å². The quantitative estimate of drug-likeness (QED) is 0.310. The van der Waals surface area contributed by atoms with E-state index in [4.69, 9.17) is 0 Å². The number of hydrogen-bond acceptors (Lipinski definition) is 5. The second kappa shape index (κ2) is 11.1. The van der Waals surface area contributed by atoms with E-state index in [9.17, 15) is 14.4 Å². The number of hydrogen-bond donors (Lipinski definition) is 0. The molecule has 0 saturated heterocycles. The van der Waals surface area contributed by atoms with Gasteiger partial charge < -0.3 is 14.4 Å². The van der Waals surface area contributed by atoms with E-state index in [0.717, 1.165) is 27.9 Å². The molecule has 1 aliphatic heterocycles. The molecule has 5 rings (SSSR count). The summed E-state index contributed by atoms with van der Waals surface area (Å²) in [7, 11) is 1.73. The van der Waals surface area contributed by atoms with E-state index in [0.29, 0.717) is 38.1 Å². The summed E-state index contributed by atoms with van der Waals surface area (Å²) in [6.07, 6.45) is 5.46. The molecular formula is C32H35N5O3. The third kappa shape index (κ3) is 5.14. The highest BCUT2D eigenvalue weighted by molar-refractivity contribution is 6.19. The Kier molecular flexibility index (Phi) is 7.54. The molecular weight excluding hydrogens is 502 g/mol. The summed E-state index contributed by atoms with van der Waals surface area (Å²) in [5.41, 5.74) is 2.38. The van der Waals surface area contributed by atoms with E-state index in [-0.39, 0.29) is 17.4 Å². The highest BCUT2D eigenvalue weighted by atomic mass is 16.2. The Balaban J connectivity index is 1.45. The highest BCUT2D eigenvalue weighted by Gasteiger charge is 2.45. The van der Waals surface area contributed by atoms with Crippen molar-refractivity contribution in [1.82, 2.24) is 14.5 Å². The number of pyridine rings is 2. The number of carbonyl (C=O) groups is 2. The van der Waals surface area contributed by atoms with Crippen molar-refractivity contribution < 1.29 is 9.59 Å². The zero-order chi connectivity index (χ0) is 28.4. The first kappa shape index (κ1) is 27.3. The fraction of sp³-hybridized carbons (Fsp3) is 0.312. The molecule has 0 aliphatic carbocycles. The summed E-state index contributed by atoms with van der Waals surface area (Å²) in [6, 6.07) is 19.5. The number of rotatable bonds is 8. The van der Waals surface area contributed by atoms with E-state index in [1.54, 1.807) is 41.5 Å². The molecule has 0 radical (unpaired) electrons. The Morgan fingerprint density at radius 1 is 0.875 bits per heavy atom. The first-order chi connectivity index (χ1) is 19.2. The van der Waals surface area contributed by atoms with E-state index >= 15 is 0 Å². The van der Waals surface area contributed by atoms with Crippen LogP contribution in [-0.2, 0) is 29.2 Å². The normalized spacial score (nSPS) is 15.0. The van der Waals surface area contributed by atoms with E-state index in [1.807, 2.05) is 80.0 Å². The largest absolute Gasteiger partial charge is 0.314 e. The van der Waals surface area contributed by atoms with Crippen molar-refractivity contribution in [2.75, 3.05) is 29.9 Å². The molecule has 1 aliphatic rings. The number of benzene rings is 2. The second-order valence-corrected chi connectivity index (χ2v) is 10.8. The standard InChI is InChI=1S/C32H35N5O3/c1-5-37-27-13-12-23(19-28(27)34(4)30(39)32(2,3)31(37)40)21-35(22-24-9-8-15-33-20-24)17-18-36-16-14-25-10-6-7-11-26(25)29(36)38/h6-16,19-20H,5,17-18,21-22H2,1-4H3. The fourth-order valence-electron chi connectivity index (χ4n) is 5.42. The number of aromatic nitrogens is 2. The van der Waals surface area contributed by atoms with Crippen LogP contribution < -0.4 is 15.4 Å². The molecule has 0 fully saturated rings. The summed E-state index contributed by atoms with van der Waals surface area (Å²) in [6.45, 7) is 8.17. The van der Waals surface area contributed by atoms with Crippen molar-refractivity contribution >= 4 is 34.0 Å². The van der Waals surface area contributed by atoms with Gasteiger partial charge in [0.05, 0.1) is 11.4 Å². The van der Waals surface area contributed by atoms with Gasteiger partial charge in [-0.2, -0.15) is 0 Å². The maximum atomic E-state index is 13.3. The molecule has 206 valence electrons.